The second kappa shape index (κ2) is 6.63. The van der Waals surface area contributed by atoms with Crippen molar-refractivity contribution >= 4 is 11.7 Å². The molecule has 0 atom stereocenters. The van der Waals surface area contributed by atoms with E-state index in [4.69, 9.17) is 10.9 Å². The van der Waals surface area contributed by atoms with Gasteiger partial charge in [0.05, 0.1) is 5.56 Å². The molecule has 0 aliphatic carbocycles. The molecule has 0 saturated carbocycles. The highest BCUT2D eigenvalue weighted by Crippen LogP contribution is 2.20. The van der Waals surface area contributed by atoms with Crippen molar-refractivity contribution < 1.29 is 15.1 Å². The SMILES string of the molecule is CCN(CC/C(N)=N/O)C(=O)c1ccc(C)cc1O. The van der Waals surface area contributed by atoms with Gasteiger partial charge < -0.3 is 20.9 Å². The van der Waals surface area contributed by atoms with Crippen LogP contribution < -0.4 is 5.73 Å². The van der Waals surface area contributed by atoms with E-state index >= 15 is 0 Å². The van der Waals surface area contributed by atoms with Crippen LogP contribution in [-0.2, 0) is 0 Å². The molecular weight excluding hydrogens is 246 g/mol. The number of carbonyl (C=O) groups excluding carboxylic acids is 1. The number of rotatable bonds is 5. The van der Waals surface area contributed by atoms with Crippen LogP contribution in [0.15, 0.2) is 23.4 Å². The molecule has 6 heteroatoms. The van der Waals surface area contributed by atoms with Crippen LogP contribution in [-0.4, -0.2) is 40.0 Å². The number of aryl methyl sites for hydroxylation is 1. The lowest BCUT2D eigenvalue weighted by molar-refractivity contribution is 0.0765. The first-order valence-corrected chi connectivity index (χ1v) is 6.04. The normalized spacial score (nSPS) is 11.4. The van der Waals surface area contributed by atoms with E-state index in [1.165, 1.54) is 4.90 Å². The standard InChI is InChI=1S/C13H19N3O3/c1-3-16(7-6-12(14)15-19)13(18)10-5-4-9(2)8-11(10)17/h4-5,8,17,19H,3,6-7H2,1-2H3,(H2,14,15). The molecule has 6 nitrogen and oxygen atoms in total. The van der Waals surface area contributed by atoms with Gasteiger partial charge in [-0.15, -0.1) is 0 Å². The number of aromatic hydroxyl groups is 1. The van der Waals surface area contributed by atoms with Crippen molar-refractivity contribution in [1.82, 2.24) is 4.90 Å². The number of phenolic OH excluding ortho intramolecular Hbond substituents is 1. The van der Waals surface area contributed by atoms with Gasteiger partial charge in [0.15, 0.2) is 0 Å². The maximum absolute atomic E-state index is 12.2. The third-order valence-electron chi connectivity index (χ3n) is 2.82. The van der Waals surface area contributed by atoms with Crippen LogP contribution in [0.5, 0.6) is 5.75 Å². The van der Waals surface area contributed by atoms with Crippen molar-refractivity contribution in [3.8, 4) is 5.75 Å². The van der Waals surface area contributed by atoms with Crippen LogP contribution >= 0.6 is 0 Å². The van der Waals surface area contributed by atoms with Crippen molar-refractivity contribution in [3.05, 3.63) is 29.3 Å². The Morgan fingerprint density at radius 3 is 2.68 bits per heavy atom. The largest absolute Gasteiger partial charge is 0.507 e. The predicted molar refractivity (Wildman–Crippen MR) is 72.4 cm³/mol. The molecule has 0 heterocycles. The molecule has 0 unspecified atom stereocenters. The topological polar surface area (TPSA) is 99.1 Å². The van der Waals surface area contributed by atoms with E-state index in [2.05, 4.69) is 5.16 Å². The molecule has 19 heavy (non-hydrogen) atoms. The molecule has 104 valence electrons. The van der Waals surface area contributed by atoms with Gasteiger partial charge >= 0.3 is 0 Å². The molecule has 0 aliphatic heterocycles. The summed E-state index contributed by atoms with van der Waals surface area (Å²) < 4.78 is 0. The minimum absolute atomic E-state index is 0.0350. The smallest absolute Gasteiger partial charge is 0.257 e. The molecule has 0 bridgehead atoms. The zero-order valence-corrected chi connectivity index (χ0v) is 11.1. The summed E-state index contributed by atoms with van der Waals surface area (Å²) in [4.78, 5) is 13.8. The highest BCUT2D eigenvalue weighted by Gasteiger charge is 2.17. The average Bonchev–Trinajstić information content (AvgIpc) is 2.38. The predicted octanol–water partition coefficient (Wildman–Crippen LogP) is 1.30. The first kappa shape index (κ1) is 14.8. The summed E-state index contributed by atoms with van der Waals surface area (Å²) in [5.74, 6) is -0.239. The van der Waals surface area contributed by atoms with Crippen molar-refractivity contribution in [2.24, 2.45) is 10.9 Å². The lowest BCUT2D eigenvalue weighted by Crippen LogP contribution is -2.34. The Morgan fingerprint density at radius 2 is 2.16 bits per heavy atom. The zero-order chi connectivity index (χ0) is 14.4. The maximum atomic E-state index is 12.2. The van der Waals surface area contributed by atoms with Gasteiger partial charge in [0.2, 0.25) is 0 Å². The quantitative estimate of drug-likeness (QED) is 0.323. The number of oxime groups is 1. The van der Waals surface area contributed by atoms with Crippen LogP contribution in [0.25, 0.3) is 0 Å². The Bertz CT molecular complexity index is 486. The molecule has 1 amide bonds. The number of amidine groups is 1. The van der Waals surface area contributed by atoms with Gasteiger partial charge in [-0.25, -0.2) is 0 Å². The van der Waals surface area contributed by atoms with Crippen LogP contribution in [0.1, 0.15) is 29.3 Å². The molecule has 0 saturated heterocycles. The van der Waals surface area contributed by atoms with E-state index in [1.807, 2.05) is 13.8 Å². The summed E-state index contributed by atoms with van der Waals surface area (Å²) in [6.45, 7) is 4.47. The van der Waals surface area contributed by atoms with E-state index < -0.39 is 0 Å². The van der Waals surface area contributed by atoms with E-state index in [0.717, 1.165) is 5.56 Å². The minimum atomic E-state index is -0.272. The molecule has 0 spiro atoms. The molecule has 1 aromatic carbocycles. The number of nitrogens with two attached hydrogens (primary N) is 1. The van der Waals surface area contributed by atoms with E-state index in [0.29, 0.717) is 13.1 Å². The van der Waals surface area contributed by atoms with E-state index in [9.17, 15) is 9.90 Å². The molecule has 4 N–H and O–H groups in total. The van der Waals surface area contributed by atoms with Crippen molar-refractivity contribution in [2.45, 2.75) is 20.3 Å². The number of nitrogens with zero attached hydrogens (tertiary/aromatic N) is 2. The van der Waals surface area contributed by atoms with Crippen LogP contribution in [0.2, 0.25) is 0 Å². The van der Waals surface area contributed by atoms with Crippen LogP contribution in [0.4, 0.5) is 0 Å². The number of amides is 1. The van der Waals surface area contributed by atoms with Gasteiger partial charge in [-0.3, -0.25) is 4.79 Å². The van der Waals surface area contributed by atoms with Gasteiger partial charge in [-0.05, 0) is 31.5 Å². The molecule has 0 radical (unpaired) electrons. The molecular formula is C13H19N3O3. The third kappa shape index (κ3) is 3.87. The highest BCUT2D eigenvalue weighted by molar-refractivity contribution is 5.97. The average molecular weight is 265 g/mol. The third-order valence-corrected chi connectivity index (χ3v) is 2.82. The maximum Gasteiger partial charge on any atom is 0.257 e. The second-order valence-electron chi connectivity index (χ2n) is 4.25. The monoisotopic (exact) mass is 265 g/mol. The van der Waals surface area contributed by atoms with Gasteiger partial charge in [-0.1, -0.05) is 11.2 Å². The number of hydrogen-bond donors (Lipinski definition) is 3. The van der Waals surface area contributed by atoms with Gasteiger partial charge in [0, 0.05) is 19.5 Å². The van der Waals surface area contributed by atoms with Crippen molar-refractivity contribution in [3.63, 3.8) is 0 Å². The summed E-state index contributed by atoms with van der Waals surface area (Å²) >= 11 is 0. The van der Waals surface area contributed by atoms with Gasteiger partial charge in [0.1, 0.15) is 11.6 Å². The Morgan fingerprint density at radius 1 is 1.47 bits per heavy atom. The lowest BCUT2D eigenvalue weighted by Gasteiger charge is -2.21. The van der Waals surface area contributed by atoms with Gasteiger partial charge in [0.25, 0.3) is 5.91 Å². The Balaban J connectivity index is 2.83. The first-order chi connectivity index (χ1) is 8.99. The molecule has 1 aromatic rings. The number of carbonyl (C=O) groups is 1. The minimum Gasteiger partial charge on any atom is -0.507 e. The molecule has 0 aliphatic rings. The Hall–Kier alpha value is -2.24. The van der Waals surface area contributed by atoms with Gasteiger partial charge in [-0.2, -0.15) is 0 Å². The molecule has 0 aromatic heterocycles. The number of benzene rings is 1. The fraction of sp³-hybridized carbons (Fsp3) is 0.385. The van der Waals surface area contributed by atoms with E-state index in [-0.39, 0.29) is 29.5 Å². The molecule has 0 fully saturated rings. The fourth-order valence-corrected chi connectivity index (χ4v) is 1.70. The van der Waals surface area contributed by atoms with E-state index in [1.54, 1.807) is 18.2 Å². The zero-order valence-electron chi connectivity index (χ0n) is 11.1. The fourth-order valence-electron chi connectivity index (χ4n) is 1.70. The van der Waals surface area contributed by atoms with Crippen molar-refractivity contribution in [1.29, 1.82) is 0 Å². The Labute approximate surface area is 112 Å². The second-order valence-corrected chi connectivity index (χ2v) is 4.25. The lowest BCUT2D eigenvalue weighted by atomic mass is 10.1. The summed E-state index contributed by atoms with van der Waals surface area (Å²) in [6.07, 6.45) is 0.280. The molecule has 1 rings (SSSR count). The van der Waals surface area contributed by atoms with Crippen LogP contribution in [0.3, 0.4) is 0 Å². The number of hydrogen-bond acceptors (Lipinski definition) is 4. The highest BCUT2D eigenvalue weighted by atomic mass is 16.4. The summed E-state index contributed by atoms with van der Waals surface area (Å²) in [7, 11) is 0. The summed E-state index contributed by atoms with van der Waals surface area (Å²) in [5.41, 5.74) is 6.52. The van der Waals surface area contributed by atoms with Crippen molar-refractivity contribution in [2.75, 3.05) is 13.1 Å². The Kier molecular flexibility index (Phi) is 5.17. The summed E-state index contributed by atoms with van der Waals surface area (Å²) in [5, 5.41) is 21.1. The first-order valence-electron chi connectivity index (χ1n) is 6.04. The number of phenols is 1. The summed E-state index contributed by atoms with van der Waals surface area (Å²) in [6, 6.07) is 4.91. The van der Waals surface area contributed by atoms with Crippen LogP contribution in [0, 0.1) is 6.92 Å².